The van der Waals surface area contributed by atoms with Crippen LogP contribution >= 0.6 is 0 Å². The number of nitrogens with one attached hydrogen (secondary N) is 1. The van der Waals surface area contributed by atoms with Crippen LogP contribution in [0.25, 0.3) is 0 Å². The molecule has 0 fully saturated rings. The lowest BCUT2D eigenvalue weighted by atomic mass is 9.82. The highest BCUT2D eigenvalue weighted by Crippen LogP contribution is 2.32. The molecule has 0 saturated heterocycles. The number of unbranched alkanes of at least 4 members (excludes halogenated alkanes) is 2. The normalized spacial score (nSPS) is 13.6. The van der Waals surface area contributed by atoms with E-state index in [0.717, 1.165) is 6.54 Å². The van der Waals surface area contributed by atoms with Gasteiger partial charge in [0.2, 0.25) is 0 Å². The average Bonchev–Trinajstić information content (AvgIpc) is 2.29. The molecule has 102 valence electrons. The average molecular weight is 251 g/mol. The summed E-state index contributed by atoms with van der Waals surface area (Å²) in [6.07, 6.45) is 3.69. The maximum absolute atomic E-state index is 13.0. The minimum absolute atomic E-state index is 0.129. The number of halogens is 1. The van der Waals surface area contributed by atoms with E-state index in [0.29, 0.717) is 0 Å². The molecule has 18 heavy (non-hydrogen) atoms. The molecule has 0 aromatic heterocycles. The molecule has 0 aliphatic heterocycles. The Balaban J connectivity index is 2.70. The second kappa shape index (κ2) is 6.89. The first-order chi connectivity index (χ1) is 8.45. The molecule has 1 aromatic rings. The second-order valence-corrected chi connectivity index (χ2v) is 6.01. The second-order valence-electron chi connectivity index (χ2n) is 6.01. The molecule has 1 rings (SSSR count). The van der Waals surface area contributed by atoms with Crippen LogP contribution < -0.4 is 5.32 Å². The Bertz CT molecular complexity index is 337. The van der Waals surface area contributed by atoms with Crippen molar-refractivity contribution in [2.45, 2.75) is 53.0 Å². The van der Waals surface area contributed by atoms with Gasteiger partial charge in [0, 0.05) is 6.04 Å². The maximum atomic E-state index is 13.0. The van der Waals surface area contributed by atoms with Crippen LogP contribution in [0.15, 0.2) is 24.3 Å². The monoisotopic (exact) mass is 251 g/mol. The Kier molecular flexibility index (Phi) is 5.80. The van der Waals surface area contributed by atoms with Crippen LogP contribution in [0.4, 0.5) is 4.39 Å². The minimum atomic E-state index is -0.169. The van der Waals surface area contributed by atoms with Crippen LogP contribution in [0.1, 0.15) is 58.6 Å². The summed E-state index contributed by atoms with van der Waals surface area (Å²) in [7, 11) is 0. The van der Waals surface area contributed by atoms with Gasteiger partial charge in [0.15, 0.2) is 0 Å². The van der Waals surface area contributed by atoms with Crippen LogP contribution in [0.2, 0.25) is 0 Å². The highest BCUT2D eigenvalue weighted by atomic mass is 19.1. The Labute approximate surface area is 111 Å². The van der Waals surface area contributed by atoms with E-state index in [4.69, 9.17) is 0 Å². The summed E-state index contributed by atoms with van der Waals surface area (Å²) in [6.45, 7) is 9.88. The Morgan fingerprint density at radius 2 is 1.72 bits per heavy atom. The van der Waals surface area contributed by atoms with Gasteiger partial charge >= 0.3 is 0 Å². The predicted molar refractivity (Wildman–Crippen MR) is 76.1 cm³/mol. The van der Waals surface area contributed by atoms with Crippen molar-refractivity contribution < 1.29 is 4.39 Å². The zero-order valence-electron chi connectivity index (χ0n) is 12.1. The molecule has 1 unspecified atom stereocenters. The SMILES string of the molecule is CCCCCNC(c1ccc(F)cc1)C(C)(C)C. The quantitative estimate of drug-likeness (QED) is 0.723. The molecule has 1 N–H and O–H groups in total. The first kappa shape index (κ1) is 15.2. The first-order valence-electron chi connectivity index (χ1n) is 6.94. The molecule has 0 heterocycles. The number of rotatable bonds is 6. The van der Waals surface area contributed by atoms with E-state index in [-0.39, 0.29) is 17.3 Å². The molecule has 0 saturated carbocycles. The van der Waals surface area contributed by atoms with Crippen molar-refractivity contribution in [3.63, 3.8) is 0 Å². The molecular formula is C16H26FN. The molecule has 1 aromatic carbocycles. The van der Waals surface area contributed by atoms with Gasteiger partial charge in [-0.05, 0) is 36.1 Å². The molecule has 1 atom stereocenters. The van der Waals surface area contributed by atoms with Gasteiger partial charge < -0.3 is 5.32 Å². The van der Waals surface area contributed by atoms with E-state index in [1.54, 1.807) is 12.1 Å². The molecular weight excluding hydrogens is 225 g/mol. The van der Waals surface area contributed by atoms with E-state index < -0.39 is 0 Å². The molecule has 0 aliphatic rings. The smallest absolute Gasteiger partial charge is 0.123 e. The summed E-state index contributed by atoms with van der Waals surface area (Å²) in [5.74, 6) is -0.169. The van der Waals surface area contributed by atoms with Gasteiger partial charge in [0.25, 0.3) is 0 Å². The van der Waals surface area contributed by atoms with Crippen LogP contribution in [0.5, 0.6) is 0 Å². The number of benzene rings is 1. The fourth-order valence-corrected chi connectivity index (χ4v) is 2.20. The molecule has 0 bridgehead atoms. The summed E-state index contributed by atoms with van der Waals surface area (Å²) in [6, 6.07) is 7.13. The van der Waals surface area contributed by atoms with E-state index in [9.17, 15) is 4.39 Å². The summed E-state index contributed by atoms with van der Waals surface area (Å²) in [5, 5.41) is 3.61. The van der Waals surface area contributed by atoms with Crippen LogP contribution in [0.3, 0.4) is 0 Å². The van der Waals surface area contributed by atoms with Crippen LogP contribution in [0, 0.1) is 11.2 Å². The maximum Gasteiger partial charge on any atom is 0.123 e. The molecule has 2 heteroatoms. The van der Waals surface area contributed by atoms with Crippen molar-refractivity contribution in [2.75, 3.05) is 6.54 Å². The van der Waals surface area contributed by atoms with E-state index in [1.165, 1.54) is 24.8 Å². The summed E-state index contributed by atoms with van der Waals surface area (Å²) in [4.78, 5) is 0. The molecule has 0 aliphatic carbocycles. The van der Waals surface area contributed by atoms with Crippen molar-refractivity contribution in [1.82, 2.24) is 5.32 Å². The van der Waals surface area contributed by atoms with Crippen molar-refractivity contribution in [3.8, 4) is 0 Å². The zero-order chi connectivity index (χ0) is 13.6. The lowest BCUT2D eigenvalue weighted by molar-refractivity contribution is 0.271. The third-order valence-electron chi connectivity index (χ3n) is 3.20. The van der Waals surface area contributed by atoms with Crippen molar-refractivity contribution >= 4 is 0 Å². The Morgan fingerprint density at radius 1 is 1.11 bits per heavy atom. The van der Waals surface area contributed by atoms with Gasteiger partial charge in [0.05, 0.1) is 0 Å². The van der Waals surface area contributed by atoms with Crippen molar-refractivity contribution in [3.05, 3.63) is 35.6 Å². The van der Waals surface area contributed by atoms with Gasteiger partial charge in [-0.1, -0.05) is 52.7 Å². The van der Waals surface area contributed by atoms with Crippen LogP contribution in [-0.4, -0.2) is 6.54 Å². The highest BCUT2D eigenvalue weighted by Gasteiger charge is 2.25. The van der Waals surface area contributed by atoms with Gasteiger partial charge in [-0.15, -0.1) is 0 Å². The summed E-state index contributed by atoms with van der Waals surface area (Å²) >= 11 is 0. The number of hydrogen-bond acceptors (Lipinski definition) is 1. The van der Waals surface area contributed by atoms with Crippen molar-refractivity contribution in [2.24, 2.45) is 5.41 Å². The topological polar surface area (TPSA) is 12.0 Å². The largest absolute Gasteiger partial charge is 0.309 e. The molecule has 1 nitrogen and oxygen atoms in total. The lowest BCUT2D eigenvalue weighted by Crippen LogP contribution is -2.33. The Morgan fingerprint density at radius 3 is 2.22 bits per heavy atom. The summed E-state index contributed by atoms with van der Waals surface area (Å²) < 4.78 is 13.0. The van der Waals surface area contributed by atoms with Crippen molar-refractivity contribution in [1.29, 1.82) is 0 Å². The lowest BCUT2D eigenvalue weighted by Gasteiger charge is -2.32. The standard InChI is InChI=1S/C16H26FN/c1-5-6-7-12-18-15(16(2,3)4)13-8-10-14(17)11-9-13/h8-11,15,18H,5-7,12H2,1-4H3. The third-order valence-corrected chi connectivity index (χ3v) is 3.20. The van der Waals surface area contributed by atoms with E-state index >= 15 is 0 Å². The summed E-state index contributed by atoms with van der Waals surface area (Å²) in [5.41, 5.74) is 1.30. The molecule has 0 radical (unpaired) electrons. The fraction of sp³-hybridized carbons (Fsp3) is 0.625. The zero-order valence-corrected chi connectivity index (χ0v) is 12.1. The van der Waals surface area contributed by atoms with E-state index in [2.05, 4.69) is 33.0 Å². The van der Waals surface area contributed by atoms with Gasteiger partial charge in [0.1, 0.15) is 5.82 Å². The number of hydrogen-bond donors (Lipinski definition) is 1. The van der Waals surface area contributed by atoms with Gasteiger partial charge in [-0.3, -0.25) is 0 Å². The third kappa shape index (κ3) is 4.77. The predicted octanol–water partition coefficient (Wildman–Crippen LogP) is 4.69. The van der Waals surface area contributed by atoms with Crippen LogP contribution in [-0.2, 0) is 0 Å². The highest BCUT2D eigenvalue weighted by molar-refractivity contribution is 5.21. The molecule has 0 amide bonds. The van der Waals surface area contributed by atoms with E-state index in [1.807, 2.05) is 12.1 Å². The van der Waals surface area contributed by atoms with Gasteiger partial charge in [-0.25, -0.2) is 4.39 Å². The fourth-order valence-electron chi connectivity index (χ4n) is 2.20. The van der Waals surface area contributed by atoms with Gasteiger partial charge in [-0.2, -0.15) is 0 Å². The molecule has 0 spiro atoms. The Hall–Kier alpha value is -0.890. The minimum Gasteiger partial charge on any atom is -0.309 e. The first-order valence-corrected chi connectivity index (χ1v) is 6.94.